The average molecular weight is 532 g/mol. The van der Waals surface area contributed by atoms with Gasteiger partial charge in [0.15, 0.2) is 0 Å². The molecule has 0 radical (unpaired) electrons. The van der Waals surface area contributed by atoms with Crippen molar-refractivity contribution < 1.29 is 19.2 Å². The Kier molecular flexibility index (Phi) is 6.97. The van der Waals surface area contributed by atoms with Crippen LogP contribution in [0.15, 0.2) is 51.9 Å². The van der Waals surface area contributed by atoms with E-state index in [1.54, 1.807) is 58.0 Å². The van der Waals surface area contributed by atoms with Crippen molar-refractivity contribution in [3.05, 3.63) is 62.6 Å². The fourth-order valence-electron chi connectivity index (χ4n) is 3.41. The quantitative estimate of drug-likeness (QED) is 0.419. The molecule has 2 aromatic rings. The highest BCUT2D eigenvalue weighted by molar-refractivity contribution is 9.10. The van der Waals surface area contributed by atoms with Crippen molar-refractivity contribution in [1.29, 1.82) is 0 Å². The van der Waals surface area contributed by atoms with Crippen molar-refractivity contribution >= 4 is 51.0 Å². The zero-order valence-corrected chi connectivity index (χ0v) is 21.1. The molecule has 180 valence electrons. The van der Waals surface area contributed by atoms with E-state index >= 15 is 0 Å². The van der Waals surface area contributed by atoms with Gasteiger partial charge in [0.05, 0.1) is 16.9 Å². The number of amides is 2. The number of halogens is 1. The predicted octanol–water partition coefficient (Wildman–Crippen LogP) is 5.06. The lowest BCUT2D eigenvalue weighted by atomic mass is 9.87. The summed E-state index contributed by atoms with van der Waals surface area (Å²) < 4.78 is 5.97. The van der Waals surface area contributed by atoms with E-state index < -0.39 is 22.2 Å². The Bertz CT molecular complexity index is 1180. The molecule has 0 saturated heterocycles. The smallest absolute Gasteiger partial charge is 0.414 e. The molecule has 0 unspecified atom stereocenters. The number of carbonyl (C=O) groups excluding carboxylic acids is 2. The first-order valence-electron chi connectivity index (χ1n) is 10.5. The molecule has 0 aromatic heterocycles. The Labute approximate surface area is 205 Å². The number of alkyl carbamates (subject to hydrolysis) is 1. The number of nitrogens with zero attached hydrogens (tertiary/aromatic N) is 3. The van der Waals surface area contributed by atoms with Crippen LogP contribution in [0.4, 0.5) is 21.9 Å². The number of aliphatic imine (C=N–C) groups is 1. The molecule has 11 heteroatoms. The van der Waals surface area contributed by atoms with Gasteiger partial charge in [-0.15, -0.1) is 0 Å². The van der Waals surface area contributed by atoms with E-state index in [0.29, 0.717) is 21.4 Å². The number of ether oxygens (including phenoxy) is 1. The first kappa shape index (κ1) is 25.2. The minimum absolute atomic E-state index is 0.0729. The van der Waals surface area contributed by atoms with Crippen LogP contribution < -0.4 is 10.6 Å². The van der Waals surface area contributed by atoms with Gasteiger partial charge in [0.1, 0.15) is 11.3 Å². The third-order valence-corrected chi connectivity index (χ3v) is 5.56. The summed E-state index contributed by atoms with van der Waals surface area (Å²) >= 11 is 3.33. The van der Waals surface area contributed by atoms with Gasteiger partial charge in [-0.1, -0.05) is 28.1 Å². The number of hydrogen-bond acceptors (Lipinski definition) is 7. The number of nitro groups is 1. The van der Waals surface area contributed by atoms with E-state index in [-0.39, 0.29) is 24.0 Å². The highest BCUT2D eigenvalue weighted by atomic mass is 79.9. The number of carbonyl (C=O) groups is 2. The number of nitro benzene ring substituents is 1. The van der Waals surface area contributed by atoms with E-state index in [9.17, 15) is 19.7 Å². The molecule has 1 atom stereocenters. The van der Waals surface area contributed by atoms with Crippen molar-refractivity contribution in [3.63, 3.8) is 0 Å². The standard InChI is InChI=1S/C23H26BrN5O5/c1-22(2,3)34-21(31)26-20-27-23(4,13-19(30)28(20)5)14-7-6-8-16(11-14)25-17-12-15(24)9-10-18(17)29(32)33/h6-12,25H,13H2,1-5H3,(H,26,27,31)/t23-/m0/s1. The second kappa shape index (κ2) is 9.41. The maximum absolute atomic E-state index is 12.8. The Morgan fingerprint density at radius 1 is 1.26 bits per heavy atom. The van der Waals surface area contributed by atoms with Gasteiger partial charge in [0.2, 0.25) is 11.9 Å². The third kappa shape index (κ3) is 5.90. The lowest BCUT2D eigenvalue weighted by Gasteiger charge is -2.35. The number of hydrogen-bond donors (Lipinski definition) is 2. The van der Waals surface area contributed by atoms with E-state index in [1.165, 1.54) is 18.0 Å². The van der Waals surface area contributed by atoms with Crippen LogP contribution in [0.25, 0.3) is 0 Å². The summed E-state index contributed by atoms with van der Waals surface area (Å²) in [6.07, 6.45) is -0.642. The van der Waals surface area contributed by atoms with Crippen LogP contribution in [0.5, 0.6) is 0 Å². The zero-order chi connectivity index (χ0) is 25.3. The monoisotopic (exact) mass is 531 g/mol. The van der Waals surface area contributed by atoms with Gasteiger partial charge in [-0.3, -0.25) is 25.1 Å². The van der Waals surface area contributed by atoms with E-state index in [1.807, 2.05) is 6.07 Å². The SMILES string of the molecule is CN1C(=O)C[C@@](C)(c2cccc(Nc3cc(Br)ccc3[N+](=O)[O-])c2)N=C1NC(=O)OC(C)(C)C. The summed E-state index contributed by atoms with van der Waals surface area (Å²) in [6.45, 7) is 7.00. The third-order valence-electron chi connectivity index (χ3n) is 5.07. The van der Waals surface area contributed by atoms with Crippen LogP contribution in [-0.4, -0.2) is 40.4 Å². The summed E-state index contributed by atoms with van der Waals surface area (Å²) in [4.78, 5) is 41.9. The molecule has 3 rings (SSSR count). The Hall–Kier alpha value is -3.47. The molecule has 0 saturated carbocycles. The van der Waals surface area contributed by atoms with Crippen LogP contribution in [-0.2, 0) is 15.1 Å². The largest absolute Gasteiger partial charge is 0.444 e. The van der Waals surface area contributed by atoms with Crippen LogP contribution in [0.1, 0.15) is 39.7 Å². The summed E-state index contributed by atoms with van der Waals surface area (Å²) in [6, 6.07) is 11.7. The van der Waals surface area contributed by atoms with Crippen molar-refractivity contribution in [2.75, 3.05) is 12.4 Å². The fourth-order valence-corrected chi connectivity index (χ4v) is 3.77. The number of nitrogens with one attached hydrogen (secondary N) is 2. The molecular formula is C23H26BrN5O5. The van der Waals surface area contributed by atoms with Crippen LogP contribution >= 0.6 is 15.9 Å². The van der Waals surface area contributed by atoms with Gasteiger partial charge in [0.25, 0.3) is 5.69 Å². The van der Waals surface area contributed by atoms with Gasteiger partial charge < -0.3 is 10.1 Å². The lowest BCUT2D eigenvalue weighted by molar-refractivity contribution is -0.383. The Balaban J connectivity index is 1.93. The van der Waals surface area contributed by atoms with Crippen molar-refractivity contribution in [2.24, 2.45) is 4.99 Å². The number of benzene rings is 2. The highest BCUT2D eigenvalue weighted by Gasteiger charge is 2.38. The van der Waals surface area contributed by atoms with E-state index in [4.69, 9.17) is 4.74 Å². The topological polar surface area (TPSA) is 126 Å². The molecule has 0 fully saturated rings. The second-order valence-electron chi connectivity index (χ2n) is 9.09. The molecule has 0 spiro atoms. The lowest BCUT2D eigenvalue weighted by Crippen LogP contribution is -2.52. The molecule has 2 amide bonds. The maximum Gasteiger partial charge on any atom is 0.414 e. The molecule has 0 aliphatic carbocycles. The molecule has 2 N–H and O–H groups in total. The van der Waals surface area contributed by atoms with Gasteiger partial charge in [-0.05, 0) is 57.5 Å². The van der Waals surface area contributed by atoms with Crippen molar-refractivity contribution in [1.82, 2.24) is 10.2 Å². The van der Waals surface area contributed by atoms with Crippen LogP contribution in [0, 0.1) is 10.1 Å². The molecule has 1 aliphatic heterocycles. The summed E-state index contributed by atoms with van der Waals surface area (Å²) in [7, 11) is 1.53. The Morgan fingerprint density at radius 2 is 1.97 bits per heavy atom. The molecular weight excluding hydrogens is 506 g/mol. The summed E-state index contributed by atoms with van der Waals surface area (Å²) in [5.41, 5.74) is -0.161. The van der Waals surface area contributed by atoms with Gasteiger partial charge in [0, 0.05) is 23.3 Å². The Morgan fingerprint density at radius 3 is 2.62 bits per heavy atom. The fraction of sp³-hybridized carbons (Fsp3) is 0.348. The predicted molar refractivity (Wildman–Crippen MR) is 132 cm³/mol. The summed E-state index contributed by atoms with van der Waals surface area (Å²) in [5, 5.41) is 17.0. The second-order valence-corrected chi connectivity index (χ2v) is 10.0. The molecule has 10 nitrogen and oxygen atoms in total. The zero-order valence-electron chi connectivity index (χ0n) is 19.5. The minimum Gasteiger partial charge on any atom is -0.444 e. The number of rotatable bonds is 4. The van der Waals surface area contributed by atoms with Gasteiger partial charge >= 0.3 is 6.09 Å². The number of guanidine groups is 1. The normalized spacial score (nSPS) is 18.2. The van der Waals surface area contributed by atoms with E-state index in [2.05, 4.69) is 31.6 Å². The first-order valence-corrected chi connectivity index (χ1v) is 11.2. The minimum atomic E-state index is -0.977. The maximum atomic E-state index is 12.8. The van der Waals surface area contributed by atoms with Gasteiger partial charge in [-0.2, -0.15) is 0 Å². The van der Waals surface area contributed by atoms with Gasteiger partial charge in [-0.25, -0.2) is 9.79 Å². The van der Waals surface area contributed by atoms with Crippen molar-refractivity contribution in [2.45, 2.75) is 45.3 Å². The van der Waals surface area contributed by atoms with Crippen molar-refractivity contribution in [3.8, 4) is 0 Å². The van der Waals surface area contributed by atoms with E-state index in [0.717, 1.165) is 0 Å². The number of anilines is 2. The first-order chi connectivity index (χ1) is 15.8. The summed E-state index contributed by atoms with van der Waals surface area (Å²) in [5.74, 6) is -0.154. The molecule has 0 bridgehead atoms. The van der Waals surface area contributed by atoms with Crippen LogP contribution in [0.2, 0.25) is 0 Å². The molecule has 2 aromatic carbocycles. The average Bonchev–Trinajstić information content (AvgIpc) is 2.70. The molecule has 1 heterocycles. The molecule has 34 heavy (non-hydrogen) atoms. The molecule has 1 aliphatic rings. The highest BCUT2D eigenvalue weighted by Crippen LogP contribution is 2.36. The van der Waals surface area contributed by atoms with Crippen LogP contribution in [0.3, 0.4) is 0 Å².